The maximum Gasteiger partial charge on any atom is 0.264 e. The highest BCUT2D eigenvalue weighted by molar-refractivity contribution is 7.71. The molecule has 4 atom stereocenters. The van der Waals surface area contributed by atoms with Crippen LogP contribution in [-0.2, 0) is 4.74 Å². The number of alkyl halides is 2. The molecule has 0 radical (unpaired) electrons. The summed E-state index contributed by atoms with van der Waals surface area (Å²) in [5.41, 5.74) is -3.52. The van der Waals surface area contributed by atoms with Crippen LogP contribution < -0.4 is 5.56 Å². The zero-order valence-electron chi connectivity index (χ0n) is 9.92. The molecule has 0 amide bonds. The minimum Gasteiger partial charge on any atom is -0.390 e. The van der Waals surface area contributed by atoms with Crippen molar-refractivity contribution in [3.8, 4) is 12.3 Å². The van der Waals surface area contributed by atoms with Gasteiger partial charge in [0.15, 0.2) is 17.1 Å². The Labute approximate surface area is 116 Å². The first-order chi connectivity index (χ1) is 9.28. The monoisotopic (exact) mass is 304 g/mol. The van der Waals surface area contributed by atoms with Crippen LogP contribution in [-0.4, -0.2) is 44.0 Å². The van der Waals surface area contributed by atoms with Crippen LogP contribution in [0.25, 0.3) is 0 Å². The van der Waals surface area contributed by atoms with Crippen LogP contribution in [0.3, 0.4) is 0 Å². The van der Waals surface area contributed by atoms with Gasteiger partial charge in [-0.15, -0.1) is 6.42 Å². The number of terminal acetylenes is 1. The van der Waals surface area contributed by atoms with Gasteiger partial charge in [-0.2, -0.15) is 0 Å². The first-order valence-electron chi connectivity index (χ1n) is 5.42. The van der Waals surface area contributed by atoms with E-state index >= 15 is 0 Å². The molecule has 3 N–H and O–H groups in total. The third-order valence-electron chi connectivity index (χ3n) is 3.01. The number of H-pyrrole nitrogens is 1. The number of rotatable bonds is 2. The molecule has 2 rings (SSSR count). The van der Waals surface area contributed by atoms with E-state index in [9.17, 15) is 18.7 Å². The number of nitrogens with one attached hydrogen (secondary N) is 1. The van der Waals surface area contributed by atoms with Crippen molar-refractivity contribution in [2.45, 2.75) is 23.9 Å². The van der Waals surface area contributed by atoms with Crippen molar-refractivity contribution in [1.29, 1.82) is 0 Å². The number of halogens is 2. The van der Waals surface area contributed by atoms with Gasteiger partial charge in [-0.1, -0.05) is 5.92 Å². The van der Waals surface area contributed by atoms with Gasteiger partial charge in [-0.25, -0.2) is 8.78 Å². The van der Waals surface area contributed by atoms with Crippen LogP contribution in [0.4, 0.5) is 8.78 Å². The van der Waals surface area contributed by atoms with E-state index in [4.69, 9.17) is 28.5 Å². The fraction of sp³-hybridized carbons (Fsp3) is 0.455. The zero-order chi connectivity index (χ0) is 15.1. The topological polar surface area (TPSA) is 87.5 Å². The third-order valence-corrected chi connectivity index (χ3v) is 3.33. The summed E-state index contributed by atoms with van der Waals surface area (Å²) in [7, 11) is 0. The average molecular weight is 304 g/mol. The SMILES string of the molecule is C#CC1(F)C(n2ccc(=O)[nH]c2=S)OC(F)(CO)C1O. The second-order valence-corrected chi connectivity index (χ2v) is 4.63. The number of aliphatic hydroxyl groups is 2. The number of aliphatic hydroxyl groups excluding tert-OH is 2. The van der Waals surface area contributed by atoms with E-state index in [1.54, 1.807) is 5.92 Å². The maximum absolute atomic E-state index is 14.6. The van der Waals surface area contributed by atoms with E-state index in [0.717, 1.165) is 16.8 Å². The molecule has 1 fully saturated rings. The predicted molar refractivity (Wildman–Crippen MR) is 65.6 cm³/mol. The zero-order valence-corrected chi connectivity index (χ0v) is 10.7. The molecule has 0 bridgehead atoms. The number of aromatic amines is 1. The molecule has 1 aliphatic heterocycles. The second-order valence-electron chi connectivity index (χ2n) is 4.25. The quantitative estimate of drug-likeness (QED) is 0.520. The number of ether oxygens (including phenoxy) is 1. The molecule has 0 aliphatic carbocycles. The first-order valence-corrected chi connectivity index (χ1v) is 5.83. The largest absolute Gasteiger partial charge is 0.390 e. The Morgan fingerprint density at radius 2 is 2.30 bits per heavy atom. The van der Waals surface area contributed by atoms with Crippen LogP contribution in [0.5, 0.6) is 0 Å². The minimum absolute atomic E-state index is 0.269. The molecule has 4 unspecified atom stereocenters. The van der Waals surface area contributed by atoms with Crippen LogP contribution >= 0.6 is 12.2 Å². The number of hydrogen-bond acceptors (Lipinski definition) is 5. The van der Waals surface area contributed by atoms with Crippen molar-refractivity contribution >= 4 is 12.2 Å². The molecule has 1 saturated heterocycles. The van der Waals surface area contributed by atoms with E-state index in [2.05, 4.69) is 4.98 Å². The lowest BCUT2D eigenvalue weighted by molar-refractivity contribution is -0.207. The molecule has 0 saturated carbocycles. The summed E-state index contributed by atoms with van der Waals surface area (Å²) >= 11 is 4.80. The van der Waals surface area contributed by atoms with Crippen LogP contribution in [0.15, 0.2) is 17.1 Å². The average Bonchev–Trinajstić information content (AvgIpc) is 2.62. The predicted octanol–water partition coefficient (Wildman–Crippen LogP) is -0.205. The summed E-state index contributed by atoms with van der Waals surface area (Å²) in [5.74, 6) is -1.45. The molecular weight excluding hydrogens is 294 g/mol. The highest BCUT2D eigenvalue weighted by Gasteiger charge is 2.66. The standard InChI is InChI=1S/C11H10F2N2O4S/c1-2-10(12)7(18)11(13,5-16)19-8(10)15-4-3-6(17)14-9(15)20/h1,3-4,7-8,16,18H,5H2,(H,14,17,20). The number of aromatic nitrogens is 2. The summed E-state index contributed by atoms with van der Waals surface area (Å²) < 4.78 is 34.0. The summed E-state index contributed by atoms with van der Waals surface area (Å²) in [4.78, 5) is 13.2. The number of hydrogen-bond donors (Lipinski definition) is 3. The van der Waals surface area contributed by atoms with Crippen LogP contribution in [0.2, 0.25) is 0 Å². The van der Waals surface area contributed by atoms with Gasteiger partial charge >= 0.3 is 0 Å². The highest BCUT2D eigenvalue weighted by atomic mass is 32.1. The molecule has 1 aromatic heterocycles. The molecule has 1 aromatic rings. The fourth-order valence-corrected chi connectivity index (χ4v) is 2.19. The van der Waals surface area contributed by atoms with Crippen molar-refractivity contribution in [1.82, 2.24) is 9.55 Å². The van der Waals surface area contributed by atoms with Gasteiger partial charge in [-0.05, 0) is 12.2 Å². The lowest BCUT2D eigenvalue weighted by atomic mass is 9.96. The summed E-state index contributed by atoms with van der Waals surface area (Å²) in [6, 6.07) is 1.000. The summed E-state index contributed by atoms with van der Waals surface area (Å²) in [6.45, 7) is -1.30. The van der Waals surface area contributed by atoms with E-state index < -0.39 is 36.0 Å². The van der Waals surface area contributed by atoms with Gasteiger partial charge in [0.25, 0.3) is 11.4 Å². The van der Waals surface area contributed by atoms with Crippen molar-refractivity contribution in [2.24, 2.45) is 0 Å². The highest BCUT2D eigenvalue weighted by Crippen LogP contribution is 2.47. The van der Waals surface area contributed by atoms with Gasteiger partial charge in [-0.3, -0.25) is 14.3 Å². The summed E-state index contributed by atoms with van der Waals surface area (Å²) in [5, 5.41) is 18.6. The molecule has 1 aliphatic rings. The van der Waals surface area contributed by atoms with Crippen molar-refractivity contribution in [3.63, 3.8) is 0 Å². The Kier molecular flexibility index (Phi) is 3.51. The smallest absolute Gasteiger partial charge is 0.264 e. The molecule has 6 nitrogen and oxygen atoms in total. The first kappa shape index (κ1) is 14.8. The normalized spacial score (nSPS) is 36.8. The van der Waals surface area contributed by atoms with Gasteiger partial charge in [0.2, 0.25) is 5.67 Å². The minimum atomic E-state index is -3.07. The summed E-state index contributed by atoms with van der Waals surface area (Å²) in [6.07, 6.45) is 1.82. The van der Waals surface area contributed by atoms with Gasteiger partial charge in [0, 0.05) is 12.3 Å². The van der Waals surface area contributed by atoms with Gasteiger partial charge in [0.05, 0.1) is 0 Å². The Morgan fingerprint density at radius 1 is 1.65 bits per heavy atom. The lowest BCUT2D eigenvalue weighted by Gasteiger charge is -2.24. The van der Waals surface area contributed by atoms with Crippen molar-refractivity contribution in [2.75, 3.05) is 6.61 Å². The Morgan fingerprint density at radius 3 is 2.80 bits per heavy atom. The molecule has 0 aromatic carbocycles. The Bertz CT molecular complexity index is 684. The van der Waals surface area contributed by atoms with Crippen molar-refractivity contribution < 1.29 is 23.7 Å². The Hall–Kier alpha value is -1.60. The number of nitrogens with zero attached hydrogens (tertiary/aromatic N) is 1. The van der Waals surface area contributed by atoms with E-state index in [-0.39, 0.29) is 4.77 Å². The molecule has 9 heteroatoms. The van der Waals surface area contributed by atoms with Gasteiger partial charge < -0.3 is 14.9 Å². The molecule has 0 spiro atoms. The molecule has 108 valence electrons. The molecular formula is C11H10F2N2O4S. The van der Waals surface area contributed by atoms with E-state index in [1.807, 2.05) is 0 Å². The van der Waals surface area contributed by atoms with Gasteiger partial charge in [0.1, 0.15) is 6.61 Å². The van der Waals surface area contributed by atoms with E-state index in [0.29, 0.717) is 0 Å². The van der Waals surface area contributed by atoms with E-state index in [1.165, 1.54) is 0 Å². The third kappa shape index (κ3) is 1.97. The Balaban J connectivity index is 2.59. The second kappa shape index (κ2) is 4.75. The van der Waals surface area contributed by atoms with Crippen molar-refractivity contribution in [3.05, 3.63) is 27.4 Å². The molecule has 20 heavy (non-hydrogen) atoms. The lowest BCUT2D eigenvalue weighted by Crippen LogP contribution is -2.47. The fourth-order valence-electron chi connectivity index (χ4n) is 1.93. The maximum atomic E-state index is 14.6. The van der Waals surface area contributed by atoms with Crippen LogP contribution in [0, 0.1) is 17.1 Å². The van der Waals surface area contributed by atoms with Crippen LogP contribution in [0.1, 0.15) is 6.23 Å². The molecule has 2 heterocycles.